The number of carbonyl (C=O) groups is 1. The van der Waals surface area contributed by atoms with Crippen molar-refractivity contribution in [3.8, 4) is 0 Å². The maximum atomic E-state index is 12.6. The van der Waals surface area contributed by atoms with Crippen molar-refractivity contribution in [1.82, 2.24) is 25.3 Å². The highest BCUT2D eigenvalue weighted by Gasteiger charge is 2.31. The number of aryl methyl sites for hydroxylation is 1. The molecule has 6 nitrogen and oxygen atoms in total. The fourth-order valence-electron chi connectivity index (χ4n) is 3.83. The van der Waals surface area contributed by atoms with Crippen molar-refractivity contribution < 1.29 is 4.79 Å². The molecule has 0 atom stereocenters. The standard InChI is InChI=1S/C18H31N5O/c1-4-22-9-11-23(12-10-22)18(2,3)13-19-17(24)16-14-7-5-6-8-15(14)20-21-16/h4-13H2,1-3H3,(H,19,24)(H,20,21). The maximum absolute atomic E-state index is 12.6. The number of rotatable bonds is 5. The van der Waals surface area contributed by atoms with E-state index in [0.717, 1.165) is 63.2 Å². The molecule has 6 heteroatoms. The lowest BCUT2D eigenvalue weighted by molar-refractivity contribution is 0.0520. The number of aromatic nitrogens is 2. The van der Waals surface area contributed by atoms with Gasteiger partial charge < -0.3 is 10.2 Å². The minimum Gasteiger partial charge on any atom is -0.349 e. The molecule has 24 heavy (non-hydrogen) atoms. The van der Waals surface area contributed by atoms with Crippen LogP contribution in [0.3, 0.4) is 0 Å². The second-order valence-corrected chi connectivity index (χ2v) is 7.65. The molecule has 1 aromatic heterocycles. The number of fused-ring (bicyclic) bond motifs is 1. The van der Waals surface area contributed by atoms with Crippen LogP contribution in [0.2, 0.25) is 0 Å². The number of nitrogens with zero attached hydrogens (tertiary/aromatic N) is 3. The molecule has 0 radical (unpaired) electrons. The molecule has 1 saturated heterocycles. The molecule has 1 amide bonds. The molecule has 134 valence electrons. The number of H-pyrrole nitrogens is 1. The fourth-order valence-corrected chi connectivity index (χ4v) is 3.83. The van der Waals surface area contributed by atoms with Gasteiger partial charge in [-0.15, -0.1) is 0 Å². The van der Waals surface area contributed by atoms with E-state index >= 15 is 0 Å². The first-order valence-corrected chi connectivity index (χ1v) is 9.33. The number of piperazine rings is 1. The Morgan fingerprint density at radius 3 is 2.62 bits per heavy atom. The summed E-state index contributed by atoms with van der Waals surface area (Å²) in [6, 6.07) is 0. The molecule has 2 N–H and O–H groups in total. The van der Waals surface area contributed by atoms with E-state index in [1.165, 1.54) is 6.42 Å². The third-order valence-electron chi connectivity index (χ3n) is 5.63. The van der Waals surface area contributed by atoms with E-state index in [1.807, 2.05) is 0 Å². The molecule has 2 heterocycles. The smallest absolute Gasteiger partial charge is 0.272 e. The first-order chi connectivity index (χ1) is 11.5. The maximum Gasteiger partial charge on any atom is 0.272 e. The van der Waals surface area contributed by atoms with Gasteiger partial charge in [0.05, 0.1) is 0 Å². The molecule has 0 spiro atoms. The Morgan fingerprint density at radius 1 is 1.21 bits per heavy atom. The molecule has 0 saturated carbocycles. The van der Waals surface area contributed by atoms with Gasteiger partial charge in [0.15, 0.2) is 5.69 Å². The van der Waals surface area contributed by atoms with Crippen molar-refractivity contribution in [2.75, 3.05) is 39.3 Å². The molecule has 1 aliphatic heterocycles. The van der Waals surface area contributed by atoms with E-state index in [0.29, 0.717) is 12.2 Å². The van der Waals surface area contributed by atoms with Crippen LogP contribution in [0.15, 0.2) is 0 Å². The molecule has 0 unspecified atom stereocenters. The van der Waals surface area contributed by atoms with Crippen LogP contribution < -0.4 is 5.32 Å². The minimum absolute atomic E-state index is 0.0327. The fraction of sp³-hybridized carbons (Fsp3) is 0.778. The molecule has 2 aliphatic rings. The highest BCUT2D eigenvalue weighted by atomic mass is 16.1. The van der Waals surface area contributed by atoms with Crippen LogP contribution in [0, 0.1) is 0 Å². The van der Waals surface area contributed by atoms with Gasteiger partial charge in [0, 0.05) is 49.5 Å². The summed E-state index contributed by atoms with van der Waals surface area (Å²) in [5, 5.41) is 10.4. The average molecular weight is 333 g/mol. The van der Waals surface area contributed by atoms with Crippen LogP contribution in [0.4, 0.5) is 0 Å². The van der Waals surface area contributed by atoms with Crippen molar-refractivity contribution in [1.29, 1.82) is 0 Å². The van der Waals surface area contributed by atoms with E-state index in [9.17, 15) is 4.79 Å². The van der Waals surface area contributed by atoms with Gasteiger partial charge in [0.2, 0.25) is 0 Å². The van der Waals surface area contributed by atoms with Crippen molar-refractivity contribution in [2.24, 2.45) is 0 Å². The van der Waals surface area contributed by atoms with Crippen LogP contribution in [0.1, 0.15) is 55.4 Å². The van der Waals surface area contributed by atoms with Gasteiger partial charge >= 0.3 is 0 Å². The van der Waals surface area contributed by atoms with Gasteiger partial charge in [0.1, 0.15) is 0 Å². The predicted octanol–water partition coefficient (Wildman–Crippen LogP) is 1.43. The number of likely N-dealkylation sites (N-methyl/N-ethyl adjacent to an activating group) is 1. The molecule has 1 fully saturated rings. The highest BCUT2D eigenvalue weighted by molar-refractivity contribution is 5.94. The molecular weight excluding hydrogens is 302 g/mol. The quantitative estimate of drug-likeness (QED) is 0.856. The number of nitrogens with one attached hydrogen (secondary N) is 2. The first-order valence-electron chi connectivity index (χ1n) is 9.33. The molecule has 0 bridgehead atoms. The van der Waals surface area contributed by atoms with Gasteiger partial charge in [-0.1, -0.05) is 6.92 Å². The summed E-state index contributed by atoms with van der Waals surface area (Å²) < 4.78 is 0. The Hall–Kier alpha value is -1.40. The Bertz CT molecular complexity index is 572. The van der Waals surface area contributed by atoms with Crippen molar-refractivity contribution in [3.63, 3.8) is 0 Å². The van der Waals surface area contributed by atoms with Gasteiger partial charge in [-0.05, 0) is 46.1 Å². The normalized spacial score (nSPS) is 20.0. The second-order valence-electron chi connectivity index (χ2n) is 7.65. The number of hydrogen-bond acceptors (Lipinski definition) is 4. The zero-order chi connectivity index (χ0) is 17.2. The third kappa shape index (κ3) is 3.64. The molecule has 1 aliphatic carbocycles. The van der Waals surface area contributed by atoms with E-state index in [1.54, 1.807) is 0 Å². The van der Waals surface area contributed by atoms with E-state index < -0.39 is 0 Å². The highest BCUT2D eigenvalue weighted by Crippen LogP contribution is 2.22. The average Bonchev–Trinajstić information content (AvgIpc) is 3.04. The third-order valence-corrected chi connectivity index (χ3v) is 5.63. The lowest BCUT2D eigenvalue weighted by Gasteiger charge is -2.44. The summed E-state index contributed by atoms with van der Waals surface area (Å²) in [7, 11) is 0. The lowest BCUT2D eigenvalue weighted by Crippen LogP contribution is -2.58. The topological polar surface area (TPSA) is 64.3 Å². The monoisotopic (exact) mass is 333 g/mol. The zero-order valence-electron chi connectivity index (χ0n) is 15.3. The second kappa shape index (κ2) is 7.23. The molecule has 3 rings (SSSR count). The number of hydrogen-bond donors (Lipinski definition) is 2. The van der Waals surface area contributed by atoms with Gasteiger partial charge in [-0.2, -0.15) is 5.10 Å². The molecule has 0 aromatic carbocycles. The first kappa shape index (κ1) is 17.4. The Balaban J connectivity index is 1.56. The summed E-state index contributed by atoms with van der Waals surface area (Å²) >= 11 is 0. The van der Waals surface area contributed by atoms with E-state index in [-0.39, 0.29) is 11.4 Å². The van der Waals surface area contributed by atoms with E-state index in [4.69, 9.17) is 0 Å². The molecule has 1 aromatic rings. The van der Waals surface area contributed by atoms with Crippen molar-refractivity contribution in [3.05, 3.63) is 17.0 Å². The molecular formula is C18H31N5O. The number of aromatic amines is 1. The van der Waals surface area contributed by atoms with Crippen LogP contribution >= 0.6 is 0 Å². The Morgan fingerprint density at radius 2 is 1.92 bits per heavy atom. The van der Waals surface area contributed by atoms with Crippen LogP contribution in [-0.2, 0) is 12.8 Å². The SMILES string of the molecule is CCN1CCN(C(C)(C)CNC(=O)c2n[nH]c3c2CCCC3)CC1. The Kier molecular flexibility index (Phi) is 5.25. The van der Waals surface area contributed by atoms with E-state index in [2.05, 4.69) is 46.1 Å². The van der Waals surface area contributed by atoms with Gasteiger partial charge in [-0.25, -0.2) is 0 Å². The van der Waals surface area contributed by atoms with Gasteiger partial charge in [-0.3, -0.25) is 14.8 Å². The number of amides is 1. The van der Waals surface area contributed by atoms with Crippen molar-refractivity contribution >= 4 is 5.91 Å². The van der Waals surface area contributed by atoms with Crippen molar-refractivity contribution in [2.45, 2.75) is 52.0 Å². The van der Waals surface area contributed by atoms with Gasteiger partial charge in [0.25, 0.3) is 5.91 Å². The van der Waals surface area contributed by atoms with Crippen LogP contribution in [0.25, 0.3) is 0 Å². The summed E-state index contributed by atoms with van der Waals surface area (Å²) in [6.07, 6.45) is 4.33. The summed E-state index contributed by atoms with van der Waals surface area (Å²) in [5.74, 6) is -0.0327. The van der Waals surface area contributed by atoms with Crippen LogP contribution in [0.5, 0.6) is 0 Å². The largest absolute Gasteiger partial charge is 0.349 e. The minimum atomic E-state index is -0.0359. The number of carbonyl (C=O) groups excluding carboxylic acids is 1. The predicted molar refractivity (Wildman–Crippen MR) is 95.3 cm³/mol. The summed E-state index contributed by atoms with van der Waals surface area (Å²) in [6.45, 7) is 12.8. The summed E-state index contributed by atoms with van der Waals surface area (Å²) in [4.78, 5) is 17.5. The summed E-state index contributed by atoms with van der Waals surface area (Å²) in [5.41, 5.74) is 2.86. The van der Waals surface area contributed by atoms with Crippen LogP contribution in [-0.4, -0.2) is 70.7 Å². The zero-order valence-corrected chi connectivity index (χ0v) is 15.3. The lowest BCUT2D eigenvalue weighted by atomic mass is 9.95. The Labute approximate surface area is 145 Å².